The molecular formula is C16H26N2. The van der Waals surface area contributed by atoms with Crippen LogP contribution in [0.3, 0.4) is 0 Å². The predicted molar refractivity (Wildman–Crippen MR) is 77.5 cm³/mol. The maximum Gasteiger partial charge on any atom is 0.0230 e. The summed E-state index contributed by atoms with van der Waals surface area (Å²) in [5, 5.41) is 0. The maximum atomic E-state index is 5.56. The van der Waals surface area contributed by atoms with Gasteiger partial charge >= 0.3 is 0 Å². The third-order valence-corrected chi connectivity index (χ3v) is 3.95. The first kappa shape index (κ1) is 13.6. The van der Waals surface area contributed by atoms with Crippen molar-refractivity contribution in [3.05, 3.63) is 35.4 Å². The third kappa shape index (κ3) is 4.11. The van der Waals surface area contributed by atoms with Gasteiger partial charge in [-0.15, -0.1) is 0 Å². The first-order chi connectivity index (χ1) is 8.78. The van der Waals surface area contributed by atoms with Crippen LogP contribution in [0.4, 0.5) is 0 Å². The molecule has 1 aliphatic rings. The van der Waals surface area contributed by atoms with Gasteiger partial charge in [-0.25, -0.2) is 0 Å². The lowest BCUT2D eigenvalue weighted by Crippen LogP contribution is -2.24. The van der Waals surface area contributed by atoms with Crippen LogP contribution < -0.4 is 5.73 Å². The van der Waals surface area contributed by atoms with Gasteiger partial charge in [-0.3, -0.25) is 0 Å². The molecule has 0 aromatic heterocycles. The minimum atomic E-state index is 0.737. The molecule has 0 radical (unpaired) electrons. The van der Waals surface area contributed by atoms with Crippen molar-refractivity contribution in [2.24, 2.45) is 11.7 Å². The van der Waals surface area contributed by atoms with Crippen LogP contribution in [0.2, 0.25) is 0 Å². The molecule has 100 valence electrons. The van der Waals surface area contributed by atoms with Crippen molar-refractivity contribution in [3.63, 3.8) is 0 Å². The van der Waals surface area contributed by atoms with E-state index in [4.69, 9.17) is 5.73 Å². The number of hydrogen-bond acceptors (Lipinski definition) is 2. The highest BCUT2D eigenvalue weighted by molar-refractivity contribution is 5.22. The molecule has 1 aliphatic carbocycles. The lowest BCUT2D eigenvalue weighted by atomic mass is 10.1. The van der Waals surface area contributed by atoms with Gasteiger partial charge in [-0.1, -0.05) is 37.1 Å². The van der Waals surface area contributed by atoms with Crippen molar-refractivity contribution < 1.29 is 0 Å². The summed E-state index contributed by atoms with van der Waals surface area (Å²) in [6.07, 6.45) is 6.72. The zero-order chi connectivity index (χ0) is 12.8. The summed E-state index contributed by atoms with van der Waals surface area (Å²) >= 11 is 0. The average Bonchev–Trinajstić information content (AvgIpc) is 2.84. The van der Waals surface area contributed by atoms with Crippen LogP contribution in [0.25, 0.3) is 0 Å². The summed E-state index contributed by atoms with van der Waals surface area (Å²) in [6.45, 7) is 3.06. The highest BCUT2D eigenvalue weighted by atomic mass is 15.1. The summed E-state index contributed by atoms with van der Waals surface area (Å²) in [7, 11) is 2.24. The fourth-order valence-electron chi connectivity index (χ4n) is 2.99. The maximum absolute atomic E-state index is 5.56. The van der Waals surface area contributed by atoms with Gasteiger partial charge in [0.1, 0.15) is 0 Å². The Bertz CT molecular complexity index is 339. The molecular weight excluding hydrogens is 220 g/mol. The van der Waals surface area contributed by atoms with E-state index in [9.17, 15) is 0 Å². The smallest absolute Gasteiger partial charge is 0.0230 e. The zero-order valence-corrected chi connectivity index (χ0v) is 11.6. The third-order valence-electron chi connectivity index (χ3n) is 3.95. The second-order valence-corrected chi connectivity index (χ2v) is 5.70. The first-order valence-electron chi connectivity index (χ1n) is 7.24. The molecule has 0 amide bonds. The largest absolute Gasteiger partial charge is 0.330 e. The summed E-state index contributed by atoms with van der Waals surface area (Å²) < 4.78 is 0. The van der Waals surface area contributed by atoms with Crippen molar-refractivity contribution in [2.75, 3.05) is 20.1 Å². The van der Waals surface area contributed by atoms with Crippen LogP contribution in [0, 0.1) is 5.92 Å². The number of nitrogens with zero attached hydrogens (tertiary/aromatic N) is 1. The fourth-order valence-corrected chi connectivity index (χ4v) is 2.99. The second kappa shape index (κ2) is 6.91. The van der Waals surface area contributed by atoms with Crippen LogP contribution in [0.1, 0.15) is 36.8 Å². The van der Waals surface area contributed by atoms with E-state index in [0.717, 1.165) is 25.4 Å². The van der Waals surface area contributed by atoms with Crippen LogP contribution in [0.5, 0.6) is 0 Å². The molecule has 0 spiro atoms. The van der Waals surface area contributed by atoms with Gasteiger partial charge in [0.2, 0.25) is 0 Å². The lowest BCUT2D eigenvalue weighted by molar-refractivity contribution is 0.271. The SMILES string of the molecule is CN(Cc1ccc(CCN)cc1)CC1CCCC1. The van der Waals surface area contributed by atoms with E-state index in [1.54, 1.807) is 0 Å². The van der Waals surface area contributed by atoms with E-state index in [0.29, 0.717) is 0 Å². The van der Waals surface area contributed by atoms with Crippen molar-refractivity contribution >= 4 is 0 Å². The lowest BCUT2D eigenvalue weighted by Gasteiger charge is -2.20. The average molecular weight is 246 g/mol. The van der Waals surface area contributed by atoms with E-state index < -0.39 is 0 Å². The second-order valence-electron chi connectivity index (χ2n) is 5.70. The Balaban J connectivity index is 1.80. The van der Waals surface area contributed by atoms with Crippen molar-refractivity contribution in [1.29, 1.82) is 0 Å². The molecule has 1 aromatic rings. The molecule has 0 bridgehead atoms. The molecule has 2 rings (SSSR count). The topological polar surface area (TPSA) is 29.3 Å². The Kier molecular flexibility index (Phi) is 5.21. The summed E-state index contributed by atoms with van der Waals surface area (Å²) in [5.74, 6) is 0.937. The van der Waals surface area contributed by atoms with E-state index in [2.05, 4.69) is 36.2 Å². The van der Waals surface area contributed by atoms with Crippen molar-refractivity contribution in [1.82, 2.24) is 4.90 Å². The zero-order valence-electron chi connectivity index (χ0n) is 11.6. The van der Waals surface area contributed by atoms with Gasteiger partial charge < -0.3 is 10.6 Å². The molecule has 2 heteroatoms. The summed E-state index contributed by atoms with van der Waals surface area (Å²) in [5.41, 5.74) is 8.32. The highest BCUT2D eigenvalue weighted by Gasteiger charge is 2.16. The monoisotopic (exact) mass is 246 g/mol. The highest BCUT2D eigenvalue weighted by Crippen LogP contribution is 2.25. The summed E-state index contributed by atoms with van der Waals surface area (Å²) in [4.78, 5) is 2.47. The van der Waals surface area contributed by atoms with Crippen LogP contribution in [-0.4, -0.2) is 25.0 Å². The molecule has 2 N–H and O–H groups in total. The number of benzene rings is 1. The molecule has 1 saturated carbocycles. The Morgan fingerprint density at radius 2 is 1.72 bits per heavy atom. The normalized spacial score (nSPS) is 16.6. The molecule has 1 fully saturated rings. The molecule has 0 heterocycles. The van der Waals surface area contributed by atoms with E-state index in [1.165, 1.54) is 43.4 Å². The standard InChI is InChI=1S/C16H26N2/c1-18(12-15-4-2-3-5-15)13-16-8-6-14(7-9-16)10-11-17/h6-9,15H,2-5,10-13,17H2,1H3. The van der Waals surface area contributed by atoms with Gasteiger partial charge in [0.25, 0.3) is 0 Å². The van der Waals surface area contributed by atoms with E-state index >= 15 is 0 Å². The quantitative estimate of drug-likeness (QED) is 0.836. The molecule has 0 saturated heterocycles. The Hall–Kier alpha value is -0.860. The fraction of sp³-hybridized carbons (Fsp3) is 0.625. The molecule has 18 heavy (non-hydrogen) atoms. The van der Waals surface area contributed by atoms with Crippen LogP contribution >= 0.6 is 0 Å². The minimum Gasteiger partial charge on any atom is -0.330 e. The molecule has 0 unspecified atom stereocenters. The van der Waals surface area contributed by atoms with Crippen LogP contribution in [-0.2, 0) is 13.0 Å². The van der Waals surface area contributed by atoms with Crippen LogP contribution in [0.15, 0.2) is 24.3 Å². The number of nitrogens with two attached hydrogens (primary N) is 1. The Morgan fingerprint density at radius 3 is 2.33 bits per heavy atom. The van der Waals surface area contributed by atoms with E-state index in [-0.39, 0.29) is 0 Å². The van der Waals surface area contributed by atoms with Gasteiger partial charge in [-0.05, 0) is 49.9 Å². The van der Waals surface area contributed by atoms with Gasteiger partial charge in [0.05, 0.1) is 0 Å². The Morgan fingerprint density at radius 1 is 1.11 bits per heavy atom. The van der Waals surface area contributed by atoms with E-state index in [1.807, 2.05) is 0 Å². The van der Waals surface area contributed by atoms with Crippen molar-refractivity contribution in [2.45, 2.75) is 38.6 Å². The molecule has 2 nitrogen and oxygen atoms in total. The van der Waals surface area contributed by atoms with Crippen molar-refractivity contribution in [3.8, 4) is 0 Å². The summed E-state index contributed by atoms with van der Waals surface area (Å²) in [6, 6.07) is 8.92. The predicted octanol–water partition coefficient (Wildman–Crippen LogP) is 2.81. The minimum absolute atomic E-state index is 0.737. The van der Waals surface area contributed by atoms with Gasteiger partial charge in [0.15, 0.2) is 0 Å². The molecule has 0 atom stereocenters. The number of hydrogen-bond donors (Lipinski definition) is 1. The molecule has 0 aliphatic heterocycles. The molecule has 1 aromatic carbocycles. The Labute approximate surface area is 111 Å². The van der Waals surface area contributed by atoms with Gasteiger partial charge in [0, 0.05) is 13.1 Å². The van der Waals surface area contributed by atoms with Gasteiger partial charge in [-0.2, -0.15) is 0 Å². The number of rotatable bonds is 6. The first-order valence-corrected chi connectivity index (χ1v) is 7.24.